The molecule has 3 rings (SSSR count). The van der Waals surface area contributed by atoms with E-state index < -0.39 is 0 Å². The molecule has 0 saturated carbocycles. The molecule has 0 aliphatic carbocycles. The highest BCUT2D eigenvalue weighted by atomic mass is 35.5. The Bertz CT molecular complexity index is 842. The lowest BCUT2D eigenvalue weighted by Gasteiger charge is -2.09. The highest BCUT2D eigenvalue weighted by Gasteiger charge is 2.09. The van der Waals surface area contributed by atoms with Gasteiger partial charge in [-0.25, -0.2) is 9.36 Å². The van der Waals surface area contributed by atoms with Crippen LogP contribution in [0.5, 0.6) is 0 Å². The molecule has 0 fully saturated rings. The molecule has 1 aromatic carbocycles. The normalized spacial score (nSPS) is 10.8. The Morgan fingerprint density at radius 2 is 2.17 bits per heavy atom. The molecule has 0 aliphatic rings. The van der Waals surface area contributed by atoms with Gasteiger partial charge in [0.15, 0.2) is 0 Å². The number of nitrogens with zero attached hydrogens (tertiary/aromatic N) is 6. The van der Waals surface area contributed by atoms with Crippen molar-refractivity contribution in [3.8, 4) is 0 Å². The van der Waals surface area contributed by atoms with Gasteiger partial charge in [0.2, 0.25) is 5.91 Å². The Kier molecular flexibility index (Phi) is 4.85. The van der Waals surface area contributed by atoms with Gasteiger partial charge in [-0.15, -0.1) is 5.10 Å². The van der Waals surface area contributed by atoms with Crippen LogP contribution in [0.2, 0.25) is 5.02 Å². The Balaban J connectivity index is 1.60. The van der Waals surface area contributed by atoms with Gasteiger partial charge in [0.1, 0.15) is 11.6 Å². The van der Waals surface area contributed by atoms with Crippen molar-refractivity contribution in [1.82, 2.24) is 30.0 Å². The number of hydrogen-bond acceptors (Lipinski definition) is 5. The predicted octanol–water partition coefficient (Wildman–Crippen LogP) is 1.91. The van der Waals surface area contributed by atoms with Crippen molar-refractivity contribution in [2.75, 3.05) is 5.32 Å². The fraction of sp³-hybridized carbons (Fsp3) is 0.267. The summed E-state index contributed by atoms with van der Waals surface area (Å²) >= 11 is 5.99. The molecule has 1 amide bonds. The van der Waals surface area contributed by atoms with Gasteiger partial charge in [0.25, 0.3) is 0 Å². The van der Waals surface area contributed by atoms with Crippen LogP contribution in [0.25, 0.3) is 0 Å². The number of amides is 1. The van der Waals surface area contributed by atoms with Crippen LogP contribution in [-0.4, -0.2) is 35.9 Å². The summed E-state index contributed by atoms with van der Waals surface area (Å²) < 4.78 is 3.30. The minimum absolute atomic E-state index is 0.127. The van der Waals surface area contributed by atoms with Gasteiger partial charge in [-0.05, 0) is 35.0 Å². The first-order chi connectivity index (χ1) is 11.6. The van der Waals surface area contributed by atoms with E-state index >= 15 is 0 Å². The van der Waals surface area contributed by atoms with Crippen LogP contribution in [-0.2, 0) is 17.9 Å². The van der Waals surface area contributed by atoms with Gasteiger partial charge in [-0.1, -0.05) is 23.7 Å². The number of aryl methyl sites for hydroxylation is 2. The zero-order valence-corrected chi connectivity index (χ0v) is 13.8. The molecule has 9 heteroatoms. The molecule has 0 bridgehead atoms. The van der Waals surface area contributed by atoms with Crippen LogP contribution in [0.4, 0.5) is 5.82 Å². The maximum atomic E-state index is 12.1. The molecule has 0 unspecified atom stereocenters. The number of anilines is 1. The van der Waals surface area contributed by atoms with E-state index in [9.17, 15) is 4.79 Å². The molecule has 0 spiro atoms. The standard InChI is InChI=1S/C15H16ClN7O/c1-11-19-20-21-22(11)8-6-15(24)18-14-5-7-17-23(14)10-12-3-2-4-13(16)9-12/h2-5,7,9H,6,8,10H2,1H3,(H,18,24). The van der Waals surface area contributed by atoms with E-state index in [2.05, 4.69) is 25.9 Å². The number of carbonyl (C=O) groups excluding carboxylic acids is 1. The number of hydrogen-bond donors (Lipinski definition) is 1. The second-order valence-corrected chi connectivity index (χ2v) is 5.69. The number of halogens is 1. The summed E-state index contributed by atoms with van der Waals surface area (Å²) in [4.78, 5) is 12.1. The third kappa shape index (κ3) is 3.96. The van der Waals surface area contributed by atoms with E-state index in [0.717, 1.165) is 5.56 Å². The monoisotopic (exact) mass is 345 g/mol. The second kappa shape index (κ2) is 7.22. The molecule has 0 radical (unpaired) electrons. The molecular formula is C15H16ClN7O. The third-order valence-electron chi connectivity index (χ3n) is 3.47. The van der Waals surface area contributed by atoms with Crippen LogP contribution in [0.1, 0.15) is 17.8 Å². The van der Waals surface area contributed by atoms with Gasteiger partial charge in [0, 0.05) is 17.5 Å². The molecule has 124 valence electrons. The third-order valence-corrected chi connectivity index (χ3v) is 3.70. The van der Waals surface area contributed by atoms with Crippen LogP contribution in [0.3, 0.4) is 0 Å². The quantitative estimate of drug-likeness (QED) is 0.737. The van der Waals surface area contributed by atoms with E-state index in [0.29, 0.717) is 29.8 Å². The molecule has 0 saturated heterocycles. The average molecular weight is 346 g/mol. The van der Waals surface area contributed by atoms with E-state index in [4.69, 9.17) is 11.6 Å². The largest absolute Gasteiger partial charge is 0.311 e. The van der Waals surface area contributed by atoms with Crippen molar-refractivity contribution >= 4 is 23.3 Å². The summed E-state index contributed by atoms with van der Waals surface area (Å²) in [6.45, 7) is 2.74. The maximum Gasteiger partial charge on any atom is 0.227 e. The lowest BCUT2D eigenvalue weighted by Crippen LogP contribution is -2.18. The van der Waals surface area contributed by atoms with E-state index in [-0.39, 0.29) is 12.3 Å². The van der Waals surface area contributed by atoms with Gasteiger partial charge in [0.05, 0.1) is 19.3 Å². The van der Waals surface area contributed by atoms with Crippen molar-refractivity contribution in [3.63, 3.8) is 0 Å². The molecule has 2 heterocycles. The molecule has 24 heavy (non-hydrogen) atoms. The lowest BCUT2D eigenvalue weighted by atomic mass is 10.2. The molecule has 0 aliphatic heterocycles. The summed E-state index contributed by atoms with van der Waals surface area (Å²) in [5.41, 5.74) is 1.01. The average Bonchev–Trinajstić information content (AvgIpc) is 3.15. The predicted molar refractivity (Wildman–Crippen MR) is 88.6 cm³/mol. The van der Waals surface area contributed by atoms with Crippen molar-refractivity contribution in [3.05, 3.63) is 52.9 Å². The number of rotatable bonds is 6. The highest BCUT2D eigenvalue weighted by molar-refractivity contribution is 6.30. The van der Waals surface area contributed by atoms with Crippen molar-refractivity contribution in [2.24, 2.45) is 0 Å². The van der Waals surface area contributed by atoms with E-state index in [1.165, 1.54) is 0 Å². The molecule has 1 N–H and O–H groups in total. The number of carbonyl (C=O) groups is 1. The first kappa shape index (κ1) is 16.1. The summed E-state index contributed by atoms with van der Waals surface area (Å²) in [5, 5.41) is 18.9. The zero-order chi connectivity index (χ0) is 16.9. The Labute approximate surface area is 143 Å². The molecule has 2 aromatic heterocycles. The first-order valence-electron chi connectivity index (χ1n) is 7.41. The van der Waals surface area contributed by atoms with E-state index in [1.54, 1.807) is 28.6 Å². The summed E-state index contributed by atoms with van der Waals surface area (Å²) in [6.07, 6.45) is 1.92. The molecule has 0 atom stereocenters. The molecule has 3 aromatic rings. The maximum absolute atomic E-state index is 12.1. The topological polar surface area (TPSA) is 90.5 Å². The minimum atomic E-state index is -0.127. The van der Waals surface area contributed by atoms with Crippen molar-refractivity contribution < 1.29 is 4.79 Å². The number of benzene rings is 1. The number of tetrazole rings is 1. The molecule has 8 nitrogen and oxygen atoms in total. The van der Waals surface area contributed by atoms with Crippen LogP contribution < -0.4 is 5.32 Å². The Morgan fingerprint density at radius 3 is 2.92 bits per heavy atom. The van der Waals surface area contributed by atoms with E-state index in [1.807, 2.05) is 24.3 Å². The van der Waals surface area contributed by atoms with Gasteiger partial charge in [-0.3, -0.25) is 4.79 Å². The zero-order valence-electron chi connectivity index (χ0n) is 13.1. The first-order valence-corrected chi connectivity index (χ1v) is 7.78. The fourth-order valence-corrected chi connectivity index (χ4v) is 2.45. The Morgan fingerprint density at radius 1 is 1.29 bits per heavy atom. The number of aromatic nitrogens is 6. The highest BCUT2D eigenvalue weighted by Crippen LogP contribution is 2.14. The summed E-state index contributed by atoms with van der Waals surface area (Å²) in [7, 11) is 0. The van der Waals surface area contributed by atoms with Crippen LogP contribution in [0, 0.1) is 6.92 Å². The Hall–Kier alpha value is -2.74. The van der Waals surface area contributed by atoms with Gasteiger partial charge in [-0.2, -0.15) is 5.10 Å². The molecular weight excluding hydrogens is 330 g/mol. The number of nitrogens with one attached hydrogen (secondary N) is 1. The smallest absolute Gasteiger partial charge is 0.227 e. The van der Waals surface area contributed by atoms with Crippen LogP contribution >= 0.6 is 11.6 Å². The lowest BCUT2D eigenvalue weighted by molar-refractivity contribution is -0.116. The summed E-state index contributed by atoms with van der Waals surface area (Å²) in [6, 6.07) is 9.28. The van der Waals surface area contributed by atoms with Crippen LogP contribution in [0.15, 0.2) is 36.5 Å². The minimum Gasteiger partial charge on any atom is -0.311 e. The van der Waals surface area contributed by atoms with Crippen molar-refractivity contribution in [2.45, 2.75) is 26.4 Å². The summed E-state index contributed by atoms with van der Waals surface area (Å²) in [5.74, 6) is 1.18. The van der Waals surface area contributed by atoms with Gasteiger partial charge >= 0.3 is 0 Å². The fourth-order valence-electron chi connectivity index (χ4n) is 2.24. The second-order valence-electron chi connectivity index (χ2n) is 5.25. The van der Waals surface area contributed by atoms with Crippen molar-refractivity contribution in [1.29, 1.82) is 0 Å². The SMILES string of the molecule is Cc1nnnn1CCC(=O)Nc1ccnn1Cc1cccc(Cl)c1. The van der Waals surface area contributed by atoms with Gasteiger partial charge < -0.3 is 5.32 Å².